The monoisotopic (exact) mass is 264 g/mol. The van der Waals surface area contributed by atoms with Gasteiger partial charge in [0.15, 0.2) is 5.13 Å². The zero-order chi connectivity index (χ0) is 12.8. The SMILES string of the molecule is CCCOCCCNc1nc2ccc(C)cc2s1. The molecule has 1 N–H and O–H groups in total. The van der Waals surface area contributed by atoms with E-state index >= 15 is 0 Å². The van der Waals surface area contributed by atoms with Gasteiger partial charge in [-0.05, 0) is 37.5 Å². The van der Waals surface area contributed by atoms with Crippen LogP contribution in [0.4, 0.5) is 5.13 Å². The molecule has 0 aliphatic rings. The average molecular weight is 264 g/mol. The van der Waals surface area contributed by atoms with E-state index in [1.807, 2.05) is 0 Å². The van der Waals surface area contributed by atoms with E-state index in [1.165, 1.54) is 10.3 Å². The second-order valence-corrected chi connectivity index (χ2v) is 5.41. The van der Waals surface area contributed by atoms with Crippen LogP contribution in [-0.4, -0.2) is 24.7 Å². The maximum Gasteiger partial charge on any atom is 0.183 e. The van der Waals surface area contributed by atoms with Crippen LogP contribution in [0.1, 0.15) is 25.3 Å². The van der Waals surface area contributed by atoms with Crippen LogP contribution in [0.5, 0.6) is 0 Å². The van der Waals surface area contributed by atoms with E-state index in [0.29, 0.717) is 0 Å². The van der Waals surface area contributed by atoms with E-state index in [-0.39, 0.29) is 0 Å². The van der Waals surface area contributed by atoms with Crippen LogP contribution in [0.2, 0.25) is 0 Å². The molecule has 1 heterocycles. The highest BCUT2D eigenvalue weighted by molar-refractivity contribution is 7.22. The summed E-state index contributed by atoms with van der Waals surface area (Å²) in [5.74, 6) is 0. The first-order chi connectivity index (χ1) is 8.79. The van der Waals surface area contributed by atoms with Crippen molar-refractivity contribution in [1.82, 2.24) is 4.98 Å². The summed E-state index contributed by atoms with van der Waals surface area (Å²) in [5.41, 5.74) is 2.36. The molecule has 18 heavy (non-hydrogen) atoms. The maximum atomic E-state index is 5.44. The molecule has 98 valence electrons. The van der Waals surface area contributed by atoms with Crippen molar-refractivity contribution >= 4 is 26.7 Å². The molecule has 4 heteroatoms. The quantitative estimate of drug-likeness (QED) is 0.772. The Labute approximate surface area is 112 Å². The largest absolute Gasteiger partial charge is 0.381 e. The summed E-state index contributed by atoms with van der Waals surface area (Å²) in [4.78, 5) is 4.55. The number of thiazole rings is 1. The number of aromatic nitrogens is 1. The minimum absolute atomic E-state index is 0.824. The molecule has 0 bridgehead atoms. The number of nitrogens with one attached hydrogen (secondary N) is 1. The van der Waals surface area contributed by atoms with Crippen LogP contribution >= 0.6 is 11.3 Å². The van der Waals surface area contributed by atoms with Crippen molar-refractivity contribution in [3.05, 3.63) is 23.8 Å². The molecule has 0 fully saturated rings. The molecule has 1 aromatic heterocycles. The van der Waals surface area contributed by atoms with Gasteiger partial charge in [0.2, 0.25) is 0 Å². The van der Waals surface area contributed by atoms with Gasteiger partial charge < -0.3 is 10.1 Å². The molecule has 0 saturated heterocycles. The van der Waals surface area contributed by atoms with Gasteiger partial charge in [0.1, 0.15) is 0 Å². The molecule has 2 aromatic rings. The summed E-state index contributed by atoms with van der Waals surface area (Å²) in [6, 6.07) is 6.36. The summed E-state index contributed by atoms with van der Waals surface area (Å²) in [5, 5.41) is 4.36. The molecule has 0 aliphatic heterocycles. The second kappa shape index (κ2) is 6.71. The lowest BCUT2D eigenvalue weighted by Crippen LogP contribution is -2.05. The first kappa shape index (κ1) is 13.3. The van der Waals surface area contributed by atoms with E-state index in [2.05, 4.69) is 42.3 Å². The summed E-state index contributed by atoms with van der Waals surface area (Å²) in [6.07, 6.45) is 2.11. The molecular formula is C14H20N2OS. The summed E-state index contributed by atoms with van der Waals surface area (Å²) in [6.45, 7) is 6.84. The van der Waals surface area contributed by atoms with Gasteiger partial charge in [-0.1, -0.05) is 24.3 Å². The third-order valence-electron chi connectivity index (χ3n) is 2.63. The average Bonchev–Trinajstić information content (AvgIpc) is 2.75. The van der Waals surface area contributed by atoms with E-state index in [0.717, 1.165) is 43.2 Å². The summed E-state index contributed by atoms with van der Waals surface area (Å²) in [7, 11) is 0. The number of anilines is 1. The van der Waals surface area contributed by atoms with Gasteiger partial charge in [-0.3, -0.25) is 0 Å². The van der Waals surface area contributed by atoms with Crippen molar-refractivity contribution in [3.63, 3.8) is 0 Å². The van der Waals surface area contributed by atoms with E-state index in [4.69, 9.17) is 4.74 Å². The van der Waals surface area contributed by atoms with Crippen LogP contribution < -0.4 is 5.32 Å². The lowest BCUT2D eigenvalue weighted by atomic mass is 10.2. The molecule has 0 radical (unpaired) electrons. The zero-order valence-corrected chi connectivity index (χ0v) is 11.8. The normalized spacial score (nSPS) is 11.0. The Kier molecular flexibility index (Phi) is 4.96. The first-order valence-electron chi connectivity index (χ1n) is 6.48. The van der Waals surface area contributed by atoms with Gasteiger partial charge in [-0.15, -0.1) is 0 Å². The molecule has 0 unspecified atom stereocenters. The summed E-state index contributed by atoms with van der Waals surface area (Å²) >= 11 is 1.72. The highest BCUT2D eigenvalue weighted by Crippen LogP contribution is 2.26. The van der Waals surface area contributed by atoms with Crippen LogP contribution in [0.3, 0.4) is 0 Å². The molecule has 1 aromatic carbocycles. The lowest BCUT2D eigenvalue weighted by molar-refractivity contribution is 0.134. The fraction of sp³-hybridized carbons (Fsp3) is 0.500. The third kappa shape index (κ3) is 3.68. The molecule has 0 aliphatic carbocycles. The van der Waals surface area contributed by atoms with Crippen LogP contribution in [0, 0.1) is 6.92 Å². The standard InChI is InChI=1S/C14H20N2OS/c1-3-8-17-9-4-7-15-14-16-12-6-5-11(2)10-13(12)18-14/h5-6,10H,3-4,7-9H2,1-2H3,(H,15,16). The van der Waals surface area contributed by atoms with Crippen LogP contribution in [0.25, 0.3) is 10.2 Å². The Morgan fingerprint density at radius 3 is 3.06 bits per heavy atom. The van der Waals surface area contributed by atoms with Crippen molar-refractivity contribution < 1.29 is 4.74 Å². The number of hydrogen-bond donors (Lipinski definition) is 1. The van der Waals surface area contributed by atoms with Crippen LogP contribution in [0.15, 0.2) is 18.2 Å². The molecule has 0 spiro atoms. The van der Waals surface area contributed by atoms with Gasteiger partial charge >= 0.3 is 0 Å². The fourth-order valence-electron chi connectivity index (χ4n) is 1.72. The maximum absolute atomic E-state index is 5.44. The highest BCUT2D eigenvalue weighted by Gasteiger charge is 2.02. The first-order valence-corrected chi connectivity index (χ1v) is 7.30. The number of hydrogen-bond acceptors (Lipinski definition) is 4. The van der Waals surface area contributed by atoms with Crippen molar-refractivity contribution in [2.24, 2.45) is 0 Å². The van der Waals surface area contributed by atoms with Gasteiger partial charge in [-0.25, -0.2) is 4.98 Å². The van der Waals surface area contributed by atoms with Crippen LogP contribution in [-0.2, 0) is 4.74 Å². The van der Waals surface area contributed by atoms with Gasteiger partial charge in [-0.2, -0.15) is 0 Å². The zero-order valence-electron chi connectivity index (χ0n) is 11.0. The Balaban J connectivity index is 1.81. The smallest absolute Gasteiger partial charge is 0.183 e. The Morgan fingerprint density at radius 1 is 1.33 bits per heavy atom. The van der Waals surface area contributed by atoms with E-state index < -0.39 is 0 Å². The molecular weight excluding hydrogens is 244 g/mol. The van der Waals surface area contributed by atoms with E-state index in [1.54, 1.807) is 11.3 Å². The number of benzene rings is 1. The molecule has 0 saturated carbocycles. The molecule has 0 amide bonds. The second-order valence-electron chi connectivity index (χ2n) is 4.38. The Morgan fingerprint density at radius 2 is 2.22 bits per heavy atom. The molecule has 0 atom stereocenters. The minimum Gasteiger partial charge on any atom is -0.381 e. The number of ether oxygens (including phenoxy) is 1. The number of fused-ring (bicyclic) bond motifs is 1. The number of nitrogens with zero attached hydrogens (tertiary/aromatic N) is 1. The van der Waals surface area contributed by atoms with Crippen molar-refractivity contribution in [2.45, 2.75) is 26.7 Å². The topological polar surface area (TPSA) is 34.1 Å². The van der Waals surface area contributed by atoms with E-state index in [9.17, 15) is 0 Å². The minimum atomic E-state index is 0.824. The van der Waals surface area contributed by atoms with Gasteiger partial charge in [0.05, 0.1) is 10.2 Å². The van der Waals surface area contributed by atoms with Crippen molar-refractivity contribution in [2.75, 3.05) is 25.1 Å². The molecule has 2 rings (SSSR count). The van der Waals surface area contributed by atoms with Gasteiger partial charge in [0.25, 0.3) is 0 Å². The van der Waals surface area contributed by atoms with Crippen molar-refractivity contribution in [1.29, 1.82) is 0 Å². The Hall–Kier alpha value is -1.13. The number of rotatable bonds is 7. The van der Waals surface area contributed by atoms with Crippen molar-refractivity contribution in [3.8, 4) is 0 Å². The molecule has 3 nitrogen and oxygen atoms in total. The summed E-state index contributed by atoms with van der Waals surface area (Å²) < 4.78 is 6.69. The number of aryl methyl sites for hydroxylation is 1. The predicted octanol–water partition coefficient (Wildman–Crippen LogP) is 3.83. The Bertz CT molecular complexity index is 495. The van der Waals surface area contributed by atoms with Gasteiger partial charge in [0, 0.05) is 19.8 Å². The highest BCUT2D eigenvalue weighted by atomic mass is 32.1. The third-order valence-corrected chi connectivity index (χ3v) is 3.61. The fourth-order valence-corrected chi connectivity index (χ4v) is 2.71. The predicted molar refractivity (Wildman–Crippen MR) is 78.6 cm³/mol. The lowest BCUT2D eigenvalue weighted by Gasteiger charge is -2.03.